The molecule has 2 rings (SSSR count). The van der Waals surface area contributed by atoms with Gasteiger partial charge in [0.2, 0.25) is 0 Å². The van der Waals surface area contributed by atoms with E-state index in [1.807, 2.05) is 19.1 Å². The van der Waals surface area contributed by atoms with Crippen molar-refractivity contribution < 1.29 is 9.18 Å². The molecule has 0 spiro atoms. The average Bonchev–Trinajstić information content (AvgIpc) is 2.36. The van der Waals surface area contributed by atoms with Gasteiger partial charge in [-0.3, -0.25) is 4.79 Å². The minimum Gasteiger partial charge on any atom is -0.322 e. The maximum Gasteiger partial charge on any atom is 0.256 e. The lowest BCUT2D eigenvalue weighted by atomic mass is 10.1. The van der Waals surface area contributed by atoms with Crippen LogP contribution in [-0.4, -0.2) is 5.91 Å². The highest BCUT2D eigenvalue weighted by Crippen LogP contribution is 2.22. The first-order valence-electron chi connectivity index (χ1n) is 5.50. The van der Waals surface area contributed by atoms with E-state index in [1.165, 1.54) is 18.2 Å². The van der Waals surface area contributed by atoms with E-state index >= 15 is 0 Å². The van der Waals surface area contributed by atoms with Gasteiger partial charge < -0.3 is 5.32 Å². The van der Waals surface area contributed by atoms with Gasteiger partial charge >= 0.3 is 0 Å². The number of nitrogens with one attached hydrogen (secondary N) is 1. The molecule has 0 aromatic heterocycles. The first-order chi connectivity index (χ1) is 8.97. The minimum atomic E-state index is -0.366. The van der Waals surface area contributed by atoms with Crippen LogP contribution in [0.15, 0.2) is 45.3 Å². The SMILES string of the molecule is Cc1ccc(Br)c(C(=O)Nc2ccc(F)c(Br)c2)c1. The average molecular weight is 387 g/mol. The van der Waals surface area contributed by atoms with E-state index in [4.69, 9.17) is 0 Å². The largest absolute Gasteiger partial charge is 0.322 e. The molecular weight excluding hydrogens is 377 g/mol. The summed E-state index contributed by atoms with van der Waals surface area (Å²) < 4.78 is 14.1. The van der Waals surface area contributed by atoms with Crippen LogP contribution in [0.5, 0.6) is 0 Å². The van der Waals surface area contributed by atoms with Crippen molar-refractivity contribution in [3.63, 3.8) is 0 Å². The zero-order valence-electron chi connectivity index (χ0n) is 10.0. The molecule has 2 nitrogen and oxygen atoms in total. The summed E-state index contributed by atoms with van der Waals surface area (Å²) in [6.45, 7) is 1.91. The Hall–Kier alpha value is -1.20. The number of rotatable bonds is 2. The second-order valence-electron chi connectivity index (χ2n) is 4.07. The molecule has 0 aliphatic heterocycles. The molecule has 0 aliphatic rings. The molecule has 0 aliphatic carbocycles. The highest BCUT2D eigenvalue weighted by Gasteiger charge is 2.11. The van der Waals surface area contributed by atoms with E-state index < -0.39 is 0 Å². The minimum absolute atomic E-state index is 0.242. The molecular formula is C14H10Br2FNO. The number of hydrogen-bond donors (Lipinski definition) is 1. The van der Waals surface area contributed by atoms with Crippen LogP contribution in [0.2, 0.25) is 0 Å². The van der Waals surface area contributed by atoms with Crippen molar-refractivity contribution in [3.05, 3.63) is 62.3 Å². The van der Waals surface area contributed by atoms with Gasteiger partial charge in [0.15, 0.2) is 0 Å². The van der Waals surface area contributed by atoms with Crippen molar-refractivity contribution >= 4 is 43.5 Å². The van der Waals surface area contributed by atoms with Gasteiger partial charge in [-0.25, -0.2) is 4.39 Å². The Bertz CT molecular complexity index is 643. The molecule has 0 atom stereocenters. The zero-order valence-corrected chi connectivity index (χ0v) is 13.2. The standard InChI is InChI=1S/C14H10Br2FNO/c1-8-2-4-11(15)10(6-8)14(19)18-9-3-5-13(17)12(16)7-9/h2-7H,1H3,(H,18,19). The molecule has 0 saturated carbocycles. The topological polar surface area (TPSA) is 29.1 Å². The van der Waals surface area contributed by atoms with Crippen LogP contribution in [0.1, 0.15) is 15.9 Å². The molecule has 1 N–H and O–H groups in total. The van der Waals surface area contributed by atoms with E-state index in [1.54, 1.807) is 6.07 Å². The summed E-state index contributed by atoms with van der Waals surface area (Å²) in [7, 11) is 0. The molecule has 1 amide bonds. The lowest BCUT2D eigenvalue weighted by Crippen LogP contribution is -2.12. The lowest BCUT2D eigenvalue weighted by molar-refractivity contribution is 0.102. The lowest BCUT2D eigenvalue weighted by Gasteiger charge is -2.08. The van der Waals surface area contributed by atoms with E-state index in [-0.39, 0.29) is 11.7 Å². The number of amides is 1. The Morgan fingerprint density at radius 1 is 1.11 bits per heavy atom. The Labute approximate surface area is 127 Å². The van der Waals surface area contributed by atoms with Crippen molar-refractivity contribution in [1.82, 2.24) is 0 Å². The molecule has 2 aromatic carbocycles. The molecule has 0 saturated heterocycles. The molecule has 5 heteroatoms. The first kappa shape index (κ1) is 14.2. The number of carbonyl (C=O) groups is 1. The van der Waals surface area contributed by atoms with Gasteiger partial charge in [0.05, 0.1) is 10.0 Å². The molecule has 0 bridgehead atoms. The Morgan fingerprint density at radius 2 is 1.84 bits per heavy atom. The fourth-order valence-electron chi connectivity index (χ4n) is 1.59. The number of carbonyl (C=O) groups excluding carboxylic acids is 1. The van der Waals surface area contributed by atoms with Crippen LogP contribution < -0.4 is 5.32 Å². The van der Waals surface area contributed by atoms with Crippen molar-refractivity contribution in [1.29, 1.82) is 0 Å². The maximum absolute atomic E-state index is 13.1. The molecule has 2 aromatic rings. The zero-order chi connectivity index (χ0) is 14.0. The highest BCUT2D eigenvalue weighted by atomic mass is 79.9. The maximum atomic E-state index is 13.1. The number of halogens is 3. The quantitative estimate of drug-likeness (QED) is 0.780. The fraction of sp³-hybridized carbons (Fsp3) is 0.0714. The number of benzene rings is 2. The summed E-state index contributed by atoms with van der Waals surface area (Å²) in [6.07, 6.45) is 0. The third kappa shape index (κ3) is 3.42. The van der Waals surface area contributed by atoms with Crippen molar-refractivity contribution in [2.45, 2.75) is 6.92 Å². The van der Waals surface area contributed by atoms with Crippen LogP contribution in [0, 0.1) is 12.7 Å². The van der Waals surface area contributed by atoms with Gasteiger partial charge in [-0.15, -0.1) is 0 Å². The molecule has 0 fully saturated rings. The number of aryl methyl sites for hydroxylation is 1. The van der Waals surface area contributed by atoms with Crippen LogP contribution in [0.4, 0.5) is 10.1 Å². The molecule has 0 radical (unpaired) electrons. The van der Waals surface area contributed by atoms with Gasteiger partial charge in [-0.2, -0.15) is 0 Å². The summed E-state index contributed by atoms with van der Waals surface area (Å²) in [6, 6.07) is 9.86. The van der Waals surface area contributed by atoms with E-state index in [2.05, 4.69) is 37.2 Å². The Morgan fingerprint density at radius 3 is 2.53 bits per heavy atom. The van der Waals surface area contributed by atoms with Crippen LogP contribution in [0.25, 0.3) is 0 Å². The second-order valence-corrected chi connectivity index (χ2v) is 5.77. The second kappa shape index (κ2) is 5.84. The summed E-state index contributed by atoms with van der Waals surface area (Å²) >= 11 is 6.42. The first-order valence-corrected chi connectivity index (χ1v) is 7.08. The van der Waals surface area contributed by atoms with E-state index in [9.17, 15) is 9.18 Å². The predicted octanol–water partition coefficient (Wildman–Crippen LogP) is 4.91. The number of hydrogen-bond acceptors (Lipinski definition) is 1. The summed E-state index contributed by atoms with van der Waals surface area (Å²) in [5, 5.41) is 2.73. The van der Waals surface area contributed by atoms with Crippen LogP contribution >= 0.6 is 31.9 Å². The Balaban J connectivity index is 2.25. The monoisotopic (exact) mass is 385 g/mol. The van der Waals surface area contributed by atoms with Crippen LogP contribution in [-0.2, 0) is 0 Å². The summed E-state index contributed by atoms with van der Waals surface area (Å²) in [4.78, 5) is 12.1. The molecule has 98 valence electrons. The smallest absolute Gasteiger partial charge is 0.256 e. The molecule has 0 unspecified atom stereocenters. The van der Waals surface area contributed by atoms with Crippen molar-refractivity contribution in [2.75, 3.05) is 5.32 Å². The normalized spacial score (nSPS) is 10.3. The molecule has 19 heavy (non-hydrogen) atoms. The highest BCUT2D eigenvalue weighted by molar-refractivity contribution is 9.10. The third-order valence-electron chi connectivity index (χ3n) is 2.54. The van der Waals surface area contributed by atoms with E-state index in [0.29, 0.717) is 15.7 Å². The van der Waals surface area contributed by atoms with Gasteiger partial charge in [0.25, 0.3) is 5.91 Å². The molecule has 0 heterocycles. The number of anilines is 1. The van der Waals surface area contributed by atoms with Crippen molar-refractivity contribution in [2.24, 2.45) is 0 Å². The van der Waals surface area contributed by atoms with Crippen LogP contribution in [0.3, 0.4) is 0 Å². The van der Waals surface area contributed by atoms with Gasteiger partial charge in [0.1, 0.15) is 5.82 Å². The Kier molecular flexibility index (Phi) is 4.37. The third-order valence-corrected chi connectivity index (χ3v) is 3.84. The predicted molar refractivity (Wildman–Crippen MR) is 80.9 cm³/mol. The van der Waals surface area contributed by atoms with E-state index in [0.717, 1.165) is 10.0 Å². The van der Waals surface area contributed by atoms with Gasteiger partial charge in [-0.1, -0.05) is 11.6 Å². The van der Waals surface area contributed by atoms with Gasteiger partial charge in [0, 0.05) is 10.2 Å². The van der Waals surface area contributed by atoms with Crippen molar-refractivity contribution in [3.8, 4) is 0 Å². The summed E-state index contributed by atoms with van der Waals surface area (Å²) in [5.74, 6) is -0.608. The summed E-state index contributed by atoms with van der Waals surface area (Å²) in [5.41, 5.74) is 2.07. The van der Waals surface area contributed by atoms with Gasteiger partial charge in [-0.05, 0) is 69.1 Å². The fourth-order valence-corrected chi connectivity index (χ4v) is 2.39.